The Hall–Kier alpha value is -3.97. The molecule has 0 aliphatic heterocycles. The number of ether oxygens (including phenoxy) is 4. The third-order valence-electron chi connectivity index (χ3n) is 4.74. The molecule has 182 valence electrons. The van der Waals surface area contributed by atoms with Gasteiger partial charge >= 0.3 is 0 Å². The summed E-state index contributed by atoms with van der Waals surface area (Å²) in [5.74, 6) is 1.77. The summed E-state index contributed by atoms with van der Waals surface area (Å²) in [7, 11) is 1.51. The summed E-state index contributed by atoms with van der Waals surface area (Å²) in [6, 6.07) is 17.8. The number of carbonyl (C=O) groups is 1. The third kappa shape index (κ3) is 7.52. The second-order valence-corrected chi connectivity index (χ2v) is 7.66. The van der Waals surface area contributed by atoms with E-state index in [4.69, 9.17) is 30.5 Å². The van der Waals surface area contributed by atoms with Crippen molar-refractivity contribution < 1.29 is 23.7 Å². The van der Waals surface area contributed by atoms with Gasteiger partial charge in [-0.1, -0.05) is 36.4 Å². The Bertz CT molecular complexity index is 1180. The summed E-state index contributed by atoms with van der Waals surface area (Å²) in [5, 5.41) is 4.73. The first-order chi connectivity index (χ1) is 17.0. The van der Waals surface area contributed by atoms with E-state index in [9.17, 15) is 4.79 Å². The molecular formula is C27H27ClN2O5. The number of rotatable bonds is 12. The van der Waals surface area contributed by atoms with Crippen LogP contribution in [-0.4, -0.2) is 32.4 Å². The van der Waals surface area contributed by atoms with Crippen molar-refractivity contribution in [2.24, 2.45) is 5.10 Å². The predicted molar refractivity (Wildman–Crippen MR) is 137 cm³/mol. The number of carbonyl (C=O) groups excluding carboxylic acids is 1. The number of nitrogens with zero attached hydrogens (tertiary/aromatic N) is 1. The molecule has 35 heavy (non-hydrogen) atoms. The second-order valence-electron chi connectivity index (χ2n) is 7.22. The van der Waals surface area contributed by atoms with Crippen LogP contribution in [0.15, 0.2) is 78.4 Å². The van der Waals surface area contributed by atoms with Gasteiger partial charge in [0.2, 0.25) is 0 Å². The van der Waals surface area contributed by atoms with Crippen molar-refractivity contribution in [2.75, 3.05) is 20.3 Å². The van der Waals surface area contributed by atoms with E-state index in [1.807, 2.05) is 37.3 Å². The van der Waals surface area contributed by atoms with Crippen LogP contribution in [0.5, 0.6) is 23.0 Å². The molecule has 7 nitrogen and oxygen atoms in total. The van der Waals surface area contributed by atoms with Crippen LogP contribution in [0.2, 0.25) is 5.02 Å². The summed E-state index contributed by atoms with van der Waals surface area (Å²) in [4.78, 5) is 12.5. The third-order valence-corrected chi connectivity index (χ3v) is 4.99. The van der Waals surface area contributed by atoms with Crippen LogP contribution >= 0.6 is 11.6 Å². The number of hydrogen-bond acceptors (Lipinski definition) is 6. The first kappa shape index (κ1) is 25.6. The van der Waals surface area contributed by atoms with Crippen molar-refractivity contribution in [3.05, 3.63) is 95.0 Å². The Balaban J connectivity index is 1.64. The summed E-state index contributed by atoms with van der Waals surface area (Å²) in [6.07, 6.45) is 3.16. The molecule has 0 aliphatic carbocycles. The van der Waals surface area contributed by atoms with Crippen LogP contribution in [0.4, 0.5) is 0 Å². The van der Waals surface area contributed by atoms with Crippen molar-refractivity contribution in [1.29, 1.82) is 0 Å². The van der Waals surface area contributed by atoms with Crippen molar-refractivity contribution in [2.45, 2.75) is 13.5 Å². The molecule has 0 spiro atoms. The maximum absolute atomic E-state index is 12.5. The van der Waals surface area contributed by atoms with E-state index in [-0.39, 0.29) is 5.91 Å². The number of nitrogens with one attached hydrogen (secondary N) is 1. The van der Waals surface area contributed by atoms with E-state index in [1.54, 1.807) is 36.4 Å². The molecule has 1 N–H and O–H groups in total. The molecule has 0 saturated carbocycles. The highest BCUT2D eigenvalue weighted by atomic mass is 35.5. The van der Waals surface area contributed by atoms with Gasteiger partial charge in [-0.15, -0.1) is 0 Å². The van der Waals surface area contributed by atoms with Gasteiger partial charge in [0.25, 0.3) is 5.91 Å². The average Bonchev–Trinajstić information content (AvgIpc) is 2.88. The lowest BCUT2D eigenvalue weighted by molar-refractivity contribution is 0.0954. The van der Waals surface area contributed by atoms with Crippen LogP contribution in [0.25, 0.3) is 0 Å². The molecule has 0 saturated heterocycles. The van der Waals surface area contributed by atoms with Crippen LogP contribution in [0.1, 0.15) is 28.4 Å². The normalized spacial score (nSPS) is 10.6. The van der Waals surface area contributed by atoms with E-state index in [0.717, 1.165) is 11.1 Å². The molecule has 3 rings (SSSR count). The Morgan fingerprint density at radius 1 is 0.971 bits per heavy atom. The topological polar surface area (TPSA) is 78.4 Å². The van der Waals surface area contributed by atoms with E-state index < -0.39 is 0 Å². The number of methoxy groups -OCH3 is 1. The molecule has 1 amide bonds. The highest BCUT2D eigenvalue weighted by Crippen LogP contribution is 2.29. The van der Waals surface area contributed by atoms with Crippen molar-refractivity contribution >= 4 is 23.7 Å². The van der Waals surface area contributed by atoms with Gasteiger partial charge in [0.15, 0.2) is 23.0 Å². The van der Waals surface area contributed by atoms with Crippen LogP contribution in [0.3, 0.4) is 0 Å². The number of halogens is 1. The molecule has 3 aromatic carbocycles. The van der Waals surface area contributed by atoms with Crippen LogP contribution in [0, 0.1) is 0 Å². The van der Waals surface area contributed by atoms with Gasteiger partial charge in [-0.2, -0.15) is 5.10 Å². The summed E-state index contributed by atoms with van der Waals surface area (Å²) in [6.45, 7) is 6.70. The van der Waals surface area contributed by atoms with Gasteiger partial charge in [0.1, 0.15) is 13.2 Å². The Morgan fingerprint density at radius 2 is 1.71 bits per heavy atom. The Kier molecular flexibility index (Phi) is 9.57. The Morgan fingerprint density at radius 3 is 2.43 bits per heavy atom. The minimum Gasteiger partial charge on any atom is -0.493 e. The highest BCUT2D eigenvalue weighted by molar-refractivity contribution is 6.30. The number of hydrazone groups is 1. The van der Waals surface area contributed by atoms with E-state index in [2.05, 4.69) is 17.1 Å². The number of amides is 1. The standard InChI is InChI=1S/C27H27ClN2O5/c1-4-14-34-23-13-9-21(16-25(23)32-3)27(31)30-29-17-20-8-12-24(26(15-20)33-5-2)35-18-19-6-10-22(28)11-7-19/h4,6-13,15-17H,1,5,14,18H2,2-3H3,(H,30,31)/b29-17+. The van der Waals surface area contributed by atoms with Gasteiger partial charge in [-0.3, -0.25) is 4.79 Å². The van der Waals surface area contributed by atoms with Crippen molar-refractivity contribution in [3.8, 4) is 23.0 Å². The van der Waals surface area contributed by atoms with Crippen LogP contribution < -0.4 is 24.4 Å². The SMILES string of the molecule is C=CCOc1ccc(C(=O)N/N=C/c2ccc(OCc3ccc(Cl)cc3)c(OCC)c2)cc1OC. The lowest BCUT2D eigenvalue weighted by Gasteiger charge is -2.13. The molecule has 0 aromatic heterocycles. The zero-order valence-corrected chi connectivity index (χ0v) is 20.4. The molecule has 0 radical (unpaired) electrons. The second kappa shape index (κ2) is 13.1. The van der Waals surface area contributed by atoms with E-state index in [0.29, 0.717) is 53.4 Å². The molecule has 0 aliphatic rings. The fourth-order valence-electron chi connectivity index (χ4n) is 3.04. The predicted octanol–water partition coefficient (Wildman–Crippen LogP) is 5.66. The highest BCUT2D eigenvalue weighted by Gasteiger charge is 2.11. The summed E-state index contributed by atoms with van der Waals surface area (Å²) >= 11 is 5.93. The molecule has 0 atom stereocenters. The molecule has 0 heterocycles. The summed E-state index contributed by atoms with van der Waals surface area (Å²) in [5.41, 5.74) is 4.62. The monoisotopic (exact) mass is 494 g/mol. The molecule has 0 unspecified atom stereocenters. The van der Waals surface area contributed by atoms with Crippen LogP contribution in [-0.2, 0) is 6.61 Å². The number of hydrogen-bond donors (Lipinski definition) is 1. The smallest absolute Gasteiger partial charge is 0.271 e. The number of benzene rings is 3. The van der Waals surface area contributed by atoms with Crippen molar-refractivity contribution in [3.63, 3.8) is 0 Å². The van der Waals surface area contributed by atoms with Gasteiger partial charge in [-0.25, -0.2) is 5.43 Å². The first-order valence-corrected chi connectivity index (χ1v) is 11.3. The quantitative estimate of drug-likeness (QED) is 0.200. The minimum absolute atomic E-state index is 0.334. The minimum atomic E-state index is -0.386. The molecular weight excluding hydrogens is 468 g/mol. The molecule has 0 fully saturated rings. The van der Waals surface area contributed by atoms with Gasteiger partial charge in [0.05, 0.1) is 19.9 Å². The molecule has 3 aromatic rings. The van der Waals surface area contributed by atoms with Gasteiger partial charge in [0, 0.05) is 10.6 Å². The fraction of sp³-hybridized carbons (Fsp3) is 0.185. The average molecular weight is 495 g/mol. The largest absolute Gasteiger partial charge is 0.493 e. The first-order valence-electron chi connectivity index (χ1n) is 10.9. The lowest BCUT2D eigenvalue weighted by Crippen LogP contribution is -2.17. The maximum Gasteiger partial charge on any atom is 0.271 e. The van der Waals surface area contributed by atoms with E-state index in [1.165, 1.54) is 13.3 Å². The van der Waals surface area contributed by atoms with Crippen molar-refractivity contribution in [1.82, 2.24) is 5.43 Å². The zero-order chi connectivity index (χ0) is 25.0. The van der Waals surface area contributed by atoms with Gasteiger partial charge in [-0.05, 0) is 66.6 Å². The lowest BCUT2D eigenvalue weighted by atomic mass is 10.2. The molecule has 8 heteroatoms. The van der Waals surface area contributed by atoms with E-state index >= 15 is 0 Å². The zero-order valence-electron chi connectivity index (χ0n) is 19.6. The maximum atomic E-state index is 12.5. The van der Waals surface area contributed by atoms with Gasteiger partial charge < -0.3 is 18.9 Å². The Labute approximate surface area is 209 Å². The molecule has 0 bridgehead atoms. The summed E-state index contributed by atoms with van der Waals surface area (Å²) < 4.78 is 22.4. The fourth-order valence-corrected chi connectivity index (χ4v) is 3.17.